The fourth-order valence-electron chi connectivity index (χ4n) is 3.81. The van der Waals surface area contributed by atoms with Crippen molar-refractivity contribution in [2.45, 2.75) is 42.8 Å². The maximum Gasteiger partial charge on any atom is 0.175 e. The van der Waals surface area contributed by atoms with Gasteiger partial charge in [0.25, 0.3) is 0 Å². The van der Waals surface area contributed by atoms with Crippen LogP contribution in [0.5, 0.6) is 0 Å². The topological polar surface area (TPSA) is 61.4 Å². The molecule has 3 atom stereocenters. The summed E-state index contributed by atoms with van der Waals surface area (Å²) in [6, 6.07) is 7.64. The SMILES string of the molecule is CN1CCC(CNC2CCCC(c3ccc(S(C)(=O)=O)cc3)N2)C1. The Hall–Kier alpha value is -0.950. The van der Waals surface area contributed by atoms with E-state index in [1.165, 1.54) is 37.8 Å². The highest BCUT2D eigenvalue weighted by Gasteiger charge is 2.24. The number of nitrogens with one attached hydrogen (secondary N) is 2. The second kappa shape index (κ2) is 7.52. The summed E-state index contributed by atoms with van der Waals surface area (Å²) in [6.45, 7) is 3.47. The van der Waals surface area contributed by atoms with Gasteiger partial charge in [-0.3, -0.25) is 5.32 Å². The van der Waals surface area contributed by atoms with Crippen molar-refractivity contribution < 1.29 is 8.42 Å². The van der Waals surface area contributed by atoms with Crippen molar-refractivity contribution in [2.24, 2.45) is 5.92 Å². The number of hydrogen-bond acceptors (Lipinski definition) is 5. The highest BCUT2D eigenvalue weighted by molar-refractivity contribution is 7.90. The molecule has 2 fully saturated rings. The minimum Gasteiger partial charge on any atom is -0.306 e. The predicted molar refractivity (Wildman–Crippen MR) is 96.7 cm³/mol. The van der Waals surface area contributed by atoms with Gasteiger partial charge >= 0.3 is 0 Å². The number of hydrogen-bond donors (Lipinski definition) is 2. The highest BCUT2D eigenvalue weighted by atomic mass is 32.2. The minimum absolute atomic E-state index is 0.302. The number of rotatable bonds is 5. The second-order valence-corrected chi connectivity index (χ2v) is 9.38. The third kappa shape index (κ3) is 4.57. The van der Waals surface area contributed by atoms with Gasteiger partial charge < -0.3 is 10.2 Å². The van der Waals surface area contributed by atoms with E-state index in [1.807, 2.05) is 12.1 Å². The van der Waals surface area contributed by atoms with E-state index < -0.39 is 9.84 Å². The second-order valence-electron chi connectivity index (χ2n) is 7.37. The molecule has 3 rings (SSSR count). The van der Waals surface area contributed by atoms with Gasteiger partial charge in [0.1, 0.15) is 0 Å². The summed E-state index contributed by atoms with van der Waals surface area (Å²) >= 11 is 0. The lowest BCUT2D eigenvalue weighted by Crippen LogP contribution is -2.48. The largest absolute Gasteiger partial charge is 0.306 e. The number of piperidine rings is 1. The summed E-state index contributed by atoms with van der Waals surface area (Å²) in [4.78, 5) is 2.79. The Morgan fingerprint density at radius 2 is 1.96 bits per heavy atom. The average molecular weight is 352 g/mol. The molecule has 1 aromatic carbocycles. The van der Waals surface area contributed by atoms with Crippen molar-refractivity contribution in [2.75, 3.05) is 32.9 Å². The summed E-state index contributed by atoms with van der Waals surface area (Å²) in [5.41, 5.74) is 1.18. The zero-order valence-corrected chi connectivity index (χ0v) is 15.5. The van der Waals surface area contributed by atoms with Gasteiger partial charge in [-0.1, -0.05) is 12.1 Å². The third-order valence-corrected chi connectivity index (χ3v) is 6.37. The molecule has 2 saturated heterocycles. The standard InChI is InChI=1S/C18H29N3O2S/c1-21-11-10-14(13-21)12-19-18-5-3-4-17(20-18)15-6-8-16(9-7-15)24(2,22)23/h6-9,14,17-20H,3-5,10-13H2,1-2H3. The first-order chi connectivity index (χ1) is 11.4. The van der Waals surface area contributed by atoms with E-state index in [2.05, 4.69) is 22.6 Å². The normalized spacial score (nSPS) is 29.0. The van der Waals surface area contributed by atoms with Gasteiger partial charge in [0, 0.05) is 25.4 Å². The van der Waals surface area contributed by atoms with E-state index in [1.54, 1.807) is 12.1 Å². The van der Waals surface area contributed by atoms with Crippen molar-refractivity contribution in [1.29, 1.82) is 0 Å². The maximum absolute atomic E-state index is 11.6. The molecule has 2 N–H and O–H groups in total. The fraction of sp³-hybridized carbons (Fsp3) is 0.667. The predicted octanol–water partition coefficient (Wildman–Crippen LogP) is 1.77. The van der Waals surface area contributed by atoms with Crippen LogP contribution in [0, 0.1) is 5.92 Å². The highest BCUT2D eigenvalue weighted by Crippen LogP contribution is 2.26. The van der Waals surface area contributed by atoms with E-state index >= 15 is 0 Å². The average Bonchev–Trinajstić information content (AvgIpc) is 2.98. The minimum atomic E-state index is -3.12. The molecule has 5 nitrogen and oxygen atoms in total. The summed E-state index contributed by atoms with van der Waals surface area (Å²) in [5.74, 6) is 0.756. The lowest BCUT2D eigenvalue weighted by atomic mass is 9.96. The van der Waals surface area contributed by atoms with Gasteiger partial charge in [-0.25, -0.2) is 8.42 Å². The molecule has 3 unspecified atom stereocenters. The molecule has 6 heteroatoms. The quantitative estimate of drug-likeness (QED) is 0.847. The Kier molecular flexibility index (Phi) is 5.59. The lowest BCUT2D eigenvalue weighted by molar-refractivity contribution is 0.270. The zero-order chi connectivity index (χ0) is 17.2. The van der Waals surface area contributed by atoms with Crippen molar-refractivity contribution in [1.82, 2.24) is 15.5 Å². The molecule has 0 saturated carbocycles. The molecule has 0 spiro atoms. The molecule has 2 heterocycles. The number of sulfone groups is 1. The van der Waals surface area contributed by atoms with Crippen molar-refractivity contribution in [3.05, 3.63) is 29.8 Å². The van der Waals surface area contributed by atoms with Gasteiger partial charge in [-0.05, 0) is 62.9 Å². The third-order valence-electron chi connectivity index (χ3n) is 5.24. The van der Waals surface area contributed by atoms with Gasteiger partial charge in [0.05, 0.1) is 11.1 Å². The van der Waals surface area contributed by atoms with E-state index in [0.29, 0.717) is 17.1 Å². The molecule has 0 bridgehead atoms. The Morgan fingerprint density at radius 3 is 2.58 bits per heavy atom. The molecular weight excluding hydrogens is 322 g/mol. The van der Waals surface area contributed by atoms with Crippen LogP contribution in [0.25, 0.3) is 0 Å². The molecular formula is C18H29N3O2S. The Labute approximate surface area is 145 Å². The first-order valence-electron chi connectivity index (χ1n) is 8.90. The van der Waals surface area contributed by atoms with Crippen LogP contribution in [0.2, 0.25) is 0 Å². The summed E-state index contributed by atoms with van der Waals surface area (Å²) < 4.78 is 23.2. The molecule has 24 heavy (non-hydrogen) atoms. The number of benzene rings is 1. The van der Waals surface area contributed by atoms with Crippen molar-refractivity contribution in [3.63, 3.8) is 0 Å². The molecule has 0 radical (unpaired) electrons. The van der Waals surface area contributed by atoms with Crippen LogP contribution in [0.1, 0.15) is 37.3 Å². The molecule has 2 aliphatic rings. The Morgan fingerprint density at radius 1 is 1.21 bits per heavy atom. The van der Waals surface area contributed by atoms with Crippen LogP contribution in [-0.2, 0) is 9.84 Å². The van der Waals surface area contributed by atoms with E-state index in [4.69, 9.17) is 0 Å². The van der Waals surface area contributed by atoms with Gasteiger partial charge in [0.2, 0.25) is 0 Å². The van der Waals surface area contributed by atoms with Gasteiger partial charge in [-0.15, -0.1) is 0 Å². The number of nitrogens with zero attached hydrogens (tertiary/aromatic N) is 1. The summed E-state index contributed by atoms with van der Waals surface area (Å²) in [6.07, 6.45) is 6.33. The first-order valence-corrected chi connectivity index (χ1v) is 10.8. The molecule has 134 valence electrons. The van der Waals surface area contributed by atoms with Crippen LogP contribution in [0.3, 0.4) is 0 Å². The smallest absolute Gasteiger partial charge is 0.175 e. The monoisotopic (exact) mass is 351 g/mol. The molecule has 0 amide bonds. The lowest BCUT2D eigenvalue weighted by Gasteiger charge is -2.32. The molecule has 2 aliphatic heterocycles. The molecule has 0 aromatic heterocycles. The van der Waals surface area contributed by atoms with Crippen molar-refractivity contribution >= 4 is 9.84 Å². The van der Waals surface area contributed by atoms with Crippen LogP contribution in [0.15, 0.2) is 29.2 Å². The van der Waals surface area contributed by atoms with Crippen molar-refractivity contribution in [3.8, 4) is 0 Å². The van der Waals surface area contributed by atoms with Crippen LogP contribution in [0.4, 0.5) is 0 Å². The summed E-state index contributed by atoms with van der Waals surface area (Å²) in [7, 11) is -0.931. The van der Waals surface area contributed by atoms with E-state index in [9.17, 15) is 8.42 Å². The first kappa shape index (κ1) is 17.9. The van der Waals surface area contributed by atoms with Gasteiger partial charge in [0.15, 0.2) is 9.84 Å². The van der Waals surface area contributed by atoms with Crippen LogP contribution < -0.4 is 10.6 Å². The Balaban J connectivity index is 1.55. The van der Waals surface area contributed by atoms with E-state index in [-0.39, 0.29) is 0 Å². The molecule has 1 aromatic rings. The van der Waals surface area contributed by atoms with E-state index in [0.717, 1.165) is 25.3 Å². The van der Waals surface area contributed by atoms with Crippen LogP contribution in [-0.4, -0.2) is 52.4 Å². The molecule has 0 aliphatic carbocycles. The zero-order valence-electron chi connectivity index (χ0n) is 14.7. The maximum atomic E-state index is 11.6. The fourth-order valence-corrected chi connectivity index (χ4v) is 4.44. The Bertz CT molecular complexity index is 645. The number of likely N-dealkylation sites (tertiary alicyclic amines) is 1. The van der Waals surface area contributed by atoms with Crippen LogP contribution >= 0.6 is 0 Å². The van der Waals surface area contributed by atoms with Gasteiger partial charge in [-0.2, -0.15) is 0 Å². The summed E-state index contributed by atoms with van der Waals surface area (Å²) in [5, 5.41) is 7.37.